The van der Waals surface area contributed by atoms with Crippen LogP contribution < -0.4 is 16.3 Å². The maximum absolute atomic E-state index is 12.3. The van der Waals surface area contributed by atoms with Crippen LogP contribution in [0.3, 0.4) is 0 Å². The molecule has 2 aromatic rings. The van der Waals surface area contributed by atoms with Crippen molar-refractivity contribution >= 4 is 34.8 Å². The van der Waals surface area contributed by atoms with Gasteiger partial charge in [-0.1, -0.05) is 59.6 Å². The number of carbonyl (C=O) groups excluding carboxylic acids is 1. The molecule has 2 unspecified atom stereocenters. The van der Waals surface area contributed by atoms with E-state index in [1.54, 1.807) is 25.1 Å². The summed E-state index contributed by atoms with van der Waals surface area (Å²) in [5.41, 5.74) is 11.4. The van der Waals surface area contributed by atoms with Gasteiger partial charge in [0.15, 0.2) is 0 Å². The second-order valence-electron chi connectivity index (χ2n) is 5.84. The summed E-state index contributed by atoms with van der Waals surface area (Å²) in [6, 6.07) is 15.0. The summed E-state index contributed by atoms with van der Waals surface area (Å²) in [5.74, 6) is -0.189. The fraction of sp³-hybridized carbons (Fsp3) is 0.222. The van der Waals surface area contributed by atoms with Crippen molar-refractivity contribution in [2.45, 2.75) is 25.4 Å². The average Bonchev–Trinajstić information content (AvgIpc) is 3.12. The topological polar surface area (TPSA) is 65.5 Å². The molecule has 1 saturated heterocycles. The van der Waals surface area contributed by atoms with Gasteiger partial charge in [-0.05, 0) is 36.6 Å². The van der Waals surface area contributed by atoms with Gasteiger partial charge in [0.25, 0.3) is 5.91 Å². The first-order chi connectivity index (χ1) is 12.0. The lowest BCUT2D eigenvalue weighted by Gasteiger charge is -2.09. The van der Waals surface area contributed by atoms with Crippen molar-refractivity contribution in [1.82, 2.24) is 16.3 Å². The summed E-state index contributed by atoms with van der Waals surface area (Å²) in [7, 11) is 0. The lowest BCUT2D eigenvalue weighted by molar-refractivity contribution is -0.122. The molecule has 1 amide bonds. The molecule has 3 N–H and O–H groups in total. The number of hydrogen-bond donors (Lipinski definition) is 3. The van der Waals surface area contributed by atoms with E-state index in [0.717, 1.165) is 11.1 Å². The maximum Gasteiger partial charge on any atom is 0.258 e. The van der Waals surface area contributed by atoms with Gasteiger partial charge in [-0.3, -0.25) is 4.79 Å². The maximum atomic E-state index is 12.3. The second kappa shape index (κ2) is 7.97. The van der Waals surface area contributed by atoms with E-state index in [1.807, 2.05) is 30.3 Å². The first-order valence-corrected chi connectivity index (χ1v) is 8.66. The van der Waals surface area contributed by atoms with Crippen LogP contribution in [0.25, 0.3) is 0 Å². The van der Waals surface area contributed by atoms with E-state index in [2.05, 4.69) is 21.4 Å². The Morgan fingerprint density at radius 2 is 1.88 bits per heavy atom. The molecule has 0 radical (unpaired) electrons. The minimum Gasteiger partial charge on any atom is -0.271 e. The van der Waals surface area contributed by atoms with Crippen molar-refractivity contribution in [3.05, 3.63) is 69.7 Å². The zero-order valence-corrected chi connectivity index (χ0v) is 15.1. The van der Waals surface area contributed by atoms with Crippen molar-refractivity contribution in [1.29, 1.82) is 0 Å². The highest BCUT2D eigenvalue weighted by atomic mass is 35.5. The van der Waals surface area contributed by atoms with Gasteiger partial charge in [-0.2, -0.15) is 5.10 Å². The van der Waals surface area contributed by atoms with E-state index in [1.165, 1.54) is 0 Å². The summed E-state index contributed by atoms with van der Waals surface area (Å²) in [6.07, 6.45) is 0.650. The van der Waals surface area contributed by atoms with Crippen LogP contribution in [0.4, 0.5) is 0 Å². The Hall–Kier alpha value is -1.92. The first-order valence-electron chi connectivity index (χ1n) is 7.90. The molecule has 2 atom stereocenters. The quantitative estimate of drug-likeness (QED) is 0.565. The summed E-state index contributed by atoms with van der Waals surface area (Å²) >= 11 is 11.9. The van der Waals surface area contributed by atoms with Gasteiger partial charge >= 0.3 is 0 Å². The third kappa shape index (κ3) is 4.38. The second-order valence-corrected chi connectivity index (χ2v) is 6.66. The Kier molecular flexibility index (Phi) is 5.71. The van der Waals surface area contributed by atoms with Gasteiger partial charge in [-0.15, -0.1) is 0 Å². The summed E-state index contributed by atoms with van der Waals surface area (Å²) < 4.78 is 0. The summed E-state index contributed by atoms with van der Waals surface area (Å²) in [6.45, 7) is 1.80. The molecule has 1 heterocycles. The Labute approximate surface area is 156 Å². The van der Waals surface area contributed by atoms with Crippen LogP contribution in [0.1, 0.15) is 30.5 Å². The predicted molar refractivity (Wildman–Crippen MR) is 101 cm³/mol. The predicted octanol–water partition coefficient (Wildman–Crippen LogP) is 3.44. The monoisotopic (exact) mass is 376 g/mol. The highest BCUT2D eigenvalue weighted by Gasteiger charge is 2.29. The molecule has 0 aromatic heterocycles. The molecule has 3 rings (SSSR count). The van der Waals surface area contributed by atoms with Crippen molar-refractivity contribution in [2.75, 3.05) is 0 Å². The minimum absolute atomic E-state index is 0.0945. The molecule has 1 aliphatic rings. The number of halogens is 2. The smallest absolute Gasteiger partial charge is 0.258 e. The summed E-state index contributed by atoms with van der Waals surface area (Å²) in [4.78, 5) is 12.3. The number of hydrogen-bond acceptors (Lipinski definition) is 4. The summed E-state index contributed by atoms with van der Waals surface area (Å²) in [5, 5.41) is 5.09. The van der Waals surface area contributed by atoms with Gasteiger partial charge in [-0.25, -0.2) is 16.3 Å². The van der Waals surface area contributed by atoms with Crippen LogP contribution >= 0.6 is 23.2 Å². The van der Waals surface area contributed by atoms with E-state index >= 15 is 0 Å². The van der Waals surface area contributed by atoms with E-state index in [4.69, 9.17) is 23.2 Å². The molecule has 25 heavy (non-hydrogen) atoms. The average molecular weight is 377 g/mol. The molecule has 5 nitrogen and oxygen atoms in total. The van der Waals surface area contributed by atoms with Gasteiger partial charge in [0, 0.05) is 6.04 Å². The Morgan fingerprint density at radius 1 is 1.12 bits per heavy atom. The molecule has 0 saturated carbocycles. The van der Waals surface area contributed by atoms with E-state index in [-0.39, 0.29) is 18.0 Å². The van der Waals surface area contributed by atoms with Crippen LogP contribution in [-0.2, 0) is 4.79 Å². The molecule has 130 valence electrons. The molecule has 7 heteroatoms. The van der Waals surface area contributed by atoms with Crippen molar-refractivity contribution in [2.24, 2.45) is 5.10 Å². The SMILES string of the molecule is C/C(=N\NC(=O)C1CC(c2ccccc2)NN1)c1ccc(Cl)c(Cl)c1. The third-order valence-electron chi connectivity index (χ3n) is 4.09. The van der Waals surface area contributed by atoms with Crippen LogP contribution in [0, 0.1) is 0 Å². The molecule has 1 fully saturated rings. The zero-order valence-electron chi connectivity index (χ0n) is 13.6. The fourth-order valence-corrected chi connectivity index (χ4v) is 2.93. The van der Waals surface area contributed by atoms with Crippen LogP contribution in [0.5, 0.6) is 0 Å². The molecule has 2 aromatic carbocycles. The van der Waals surface area contributed by atoms with Crippen LogP contribution in [0.2, 0.25) is 10.0 Å². The number of rotatable bonds is 4. The molecule has 0 spiro atoms. The van der Waals surface area contributed by atoms with Crippen molar-refractivity contribution < 1.29 is 4.79 Å². The molecule has 1 aliphatic heterocycles. The van der Waals surface area contributed by atoms with Gasteiger partial charge in [0.1, 0.15) is 6.04 Å². The Morgan fingerprint density at radius 3 is 2.60 bits per heavy atom. The molecular weight excluding hydrogens is 359 g/mol. The Balaban J connectivity index is 1.60. The largest absolute Gasteiger partial charge is 0.271 e. The van der Waals surface area contributed by atoms with E-state index in [0.29, 0.717) is 22.2 Å². The van der Waals surface area contributed by atoms with E-state index < -0.39 is 0 Å². The highest BCUT2D eigenvalue weighted by molar-refractivity contribution is 6.42. The van der Waals surface area contributed by atoms with Gasteiger partial charge < -0.3 is 0 Å². The fourth-order valence-electron chi connectivity index (χ4n) is 2.63. The third-order valence-corrected chi connectivity index (χ3v) is 4.83. The highest BCUT2D eigenvalue weighted by Crippen LogP contribution is 2.23. The number of amides is 1. The normalized spacial score (nSPS) is 20.5. The van der Waals surface area contributed by atoms with Crippen LogP contribution in [-0.4, -0.2) is 17.7 Å². The van der Waals surface area contributed by atoms with E-state index in [9.17, 15) is 4.79 Å². The number of nitrogens with one attached hydrogen (secondary N) is 3. The molecule has 0 bridgehead atoms. The molecular formula is C18H18Cl2N4O. The first kappa shape index (κ1) is 17.9. The lowest BCUT2D eigenvalue weighted by atomic mass is 10.0. The standard InChI is InChI=1S/C18H18Cl2N4O/c1-11(13-7-8-14(19)15(20)9-13)21-24-18(25)17-10-16(22-23-17)12-5-3-2-4-6-12/h2-9,16-17,22-23H,10H2,1H3,(H,24,25)/b21-11+. The van der Waals surface area contributed by atoms with Crippen molar-refractivity contribution in [3.8, 4) is 0 Å². The van der Waals surface area contributed by atoms with Gasteiger partial charge in [0.2, 0.25) is 0 Å². The van der Waals surface area contributed by atoms with Gasteiger partial charge in [0.05, 0.1) is 15.8 Å². The number of hydrazine groups is 1. The van der Waals surface area contributed by atoms with Crippen LogP contribution in [0.15, 0.2) is 53.6 Å². The lowest BCUT2D eigenvalue weighted by Crippen LogP contribution is -2.41. The minimum atomic E-state index is -0.351. The zero-order chi connectivity index (χ0) is 17.8. The van der Waals surface area contributed by atoms with Crippen molar-refractivity contribution in [3.63, 3.8) is 0 Å². The number of nitrogens with zero attached hydrogens (tertiary/aromatic N) is 1. The molecule has 0 aliphatic carbocycles. The number of carbonyl (C=O) groups is 1. The Bertz CT molecular complexity index is 795. The number of benzene rings is 2. The number of hydrazone groups is 1.